The van der Waals surface area contributed by atoms with Gasteiger partial charge in [-0.1, -0.05) is 18.2 Å². The van der Waals surface area contributed by atoms with E-state index in [1.165, 1.54) is 0 Å². The number of H-pyrrole nitrogens is 1. The molecule has 0 aliphatic carbocycles. The van der Waals surface area contributed by atoms with E-state index in [1.54, 1.807) is 6.08 Å². The van der Waals surface area contributed by atoms with Crippen molar-refractivity contribution in [3.63, 3.8) is 0 Å². The van der Waals surface area contributed by atoms with Gasteiger partial charge in [0.2, 0.25) is 0 Å². The van der Waals surface area contributed by atoms with E-state index in [4.69, 9.17) is 9.84 Å². The highest BCUT2D eigenvalue weighted by Gasteiger charge is 2.26. The number of carbonyl (C=O) groups is 2. The number of benzene rings is 1. The smallest absolute Gasteiger partial charge is 0.408 e. The molecular weight excluding hydrogens is 332 g/mol. The van der Waals surface area contributed by atoms with Crippen LogP contribution in [0.1, 0.15) is 45.7 Å². The van der Waals surface area contributed by atoms with Crippen LogP contribution in [0, 0.1) is 0 Å². The molecule has 3 N–H and O–H groups in total. The Balaban J connectivity index is 2.21. The normalized spacial score (nSPS) is 12.5. The molecule has 0 bridgehead atoms. The fraction of sp³-hybridized carbons (Fsp3) is 0.400. The second-order valence-corrected chi connectivity index (χ2v) is 7.94. The Morgan fingerprint density at radius 3 is 2.54 bits per heavy atom. The molecule has 0 fully saturated rings. The number of carboxylic acids is 1. The molecule has 1 aromatic heterocycles. The van der Waals surface area contributed by atoms with Crippen LogP contribution >= 0.6 is 0 Å². The lowest BCUT2D eigenvalue weighted by Crippen LogP contribution is -2.47. The van der Waals surface area contributed by atoms with E-state index in [0.717, 1.165) is 28.1 Å². The minimum absolute atomic E-state index is 0.451. The summed E-state index contributed by atoms with van der Waals surface area (Å²) in [4.78, 5) is 26.0. The van der Waals surface area contributed by atoms with Gasteiger partial charge < -0.3 is 20.1 Å². The van der Waals surface area contributed by atoms with Crippen LogP contribution in [0.25, 0.3) is 17.0 Å². The monoisotopic (exact) mass is 358 g/mol. The van der Waals surface area contributed by atoms with Crippen LogP contribution in [0.5, 0.6) is 0 Å². The van der Waals surface area contributed by atoms with Crippen LogP contribution in [-0.4, -0.2) is 33.3 Å². The van der Waals surface area contributed by atoms with Crippen LogP contribution < -0.4 is 5.32 Å². The molecule has 0 unspecified atom stereocenters. The molecule has 2 aromatic rings. The van der Waals surface area contributed by atoms with Gasteiger partial charge in [0.1, 0.15) is 5.60 Å². The molecular formula is C20H26N2O4. The lowest BCUT2D eigenvalue weighted by Gasteiger charge is -2.28. The van der Waals surface area contributed by atoms with Crippen molar-refractivity contribution in [1.29, 1.82) is 0 Å². The molecule has 2 rings (SSSR count). The average Bonchev–Trinajstić information content (AvgIpc) is 2.85. The molecule has 0 aliphatic rings. The van der Waals surface area contributed by atoms with Gasteiger partial charge in [0.15, 0.2) is 0 Å². The lowest BCUT2D eigenvalue weighted by atomic mass is 9.94. The first-order valence-corrected chi connectivity index (χ1v) is 8.48. The van der Waals surface area contributed by atoms with Crippen LogP contribution in [0.4, 0.5) is 4.79 Å². The molecule has 6 nitrogen and oxygen atoms in total. The van der Waals surface area contributed by atoms with Crippen molar-refractivity contribution in [3.05, 3.63) is 41.6 Å². The number of amides is 1. The maximum absolute atomic E-state index is 12.1. The standard InChI is InChI=1S/C20H26N2O4/c1-19(2,3)26-18(25)22-20(4,5)11-14-12-21-17-13(9-10-16(23)24)7-6-8-15(14)17/h6-10,12,21H,11H2,1-5H3,(H,22,25)(H,23,24)/b10-9+. The Labute approximate surface area is 153 Å². The molecule has 0 atom stereocenters. The number of aliphatic carboxylic acids is 1. The lowest BCUT2D eigenvalue weighted by molar-refractivity contribution is -0.131. The number of fused-ring (bicyclic) bond motifs is 1. The van der Waals surface area contributed by atoms with Crippen molar-refractivity contribution in [3.8, 4) is 0 Å². The van der Waals surface area contributed by atoms with E-state index in [2.05, 4.69) is 10.3 Å². The van der Waals surface area contributed by atoms with Crippen LogP contribution in [0.3, 0.4) is 0 Å². The summed E-state index contributed by atoms with van der Waals surface area (Å²) < 4.78 is 5.33. The summed E-state index contributed by atoms with van der Waals surface area (Å²) in [5, 5.41) is 12.7. The van der Waals surface area contributed by atoms with Gasteiger partial charge in [-0.2, -0.15) is 0 Å². The Bertz CT molecular complexity index is 841. The van der Waals surface area contributed by atoms with Crippen molar-refractivity contribution < 1.29 is 19.4 Å². The van der Waals surface area contributed by atoms with E-state index in [-0.39, 0.29) is 0 Å². The third-order valence-corrected chi connectivity index (χ3v) is 3.71. The second kappa shape index (κ2) is 7.23. The number of nitrogens with one attached hydrogen (secondary N) is 2. The van der Waals surface area contributed by atoms with Gasteiger partial charge in [0, 0.05) is 23.2 Å². The summed E-state index contributed by atoms with van der Waals surface area (Å²) in [5.41, 5.74) is 1.64. The Morgan fingerprint density at radius 2 is 1.92 bits per heavy atom. The first-order chi connectivity index (χ1) is 12.0. The third-order valence-electron chi connectivity index (χ3n) is 3.71. The maximum Gasteiger partial charge on any atom is 0.408 e. The molecule has 1 aromatic carbocycles. The van der Waals surface area contributed by atoms with Crippen LogP contribution in [0.15, 0.2) is 30.5 Å². The average molecular weight is 358 g/mol. The summed E-state index contributed by atoms with van der Waals surface area (Å²) in [5.74, 6) is -0.989. The topological polar surface area (TPSA) is 91.4 Å². The molecule has 0 saturated heterocycles. The SMILES string of the molecule is CC(C)(Cc1c[nH]c2c(/C=C/C(=O)O)cccc12)NC(=O)OC(C)(C)C. The molecule has 1 heterocycles. The maximum atomic E-state index is 12.1. The highest BCUT2D eigenvalue weighted by molar-refractivity contribution is 5.94. The van der Waals surface area contributed by atoms with Crippen molar-refractivity contribution >= 4 is 29.0 Å². The number of rotatable bonds is 5. The van der Waals surface area contributed by atoms with Gasteiger partial charge in [0.25, 0.3) is 0 Å². The molecule has 140 valence electrons. The van der Waals surface area contributed by atoms with Gasteiger partial charge in [-0.25, -0.2) is 9.59 Å². The zero-order valence-electron chi connectivity index (χ0n) is 15.8. The van der Waals surface area contributed by atoms with Crippen molar-refractivity contribution in [1.82, 2.24) is 10.3 Å². The van der Waals surface area contributed by atoms with E-state index < -0.39 is 23.2 Å². The summed E-state index contributed by atoms with van der Waals surface area (Å²) in [6.45, 7) is 9.34. The van der Waals surface area contributed by atoms with E-state index in [1.807, 2.05) is 59.0 Å². The fourth-order valence-electron chi connectivity index (χ4n) is 2.78. The third kappa shape index (κ3) is 5.37. The van der Waals surface area contributed by atoms with E-state index in [0.29, 0.717) is 6.42 Å². The minimum atomic E-state index is -0.989. The van der Waals surface area contributed by atoms with Crippen molar-refractivity contribution in [2.24, 2.45) is 0 Å². The zero-order chi connectivity index (χ0) is 19.5. The number of aromatic amines is 1. The number of hydrogen-bond acceptors (Lipinski definition) is 3. The number of alkyl carbamates (subject to hydrolysis) is 1. The molecule has 0 saturated carbocycles. The number of para-hydroxylation sites is 1. The van der Waals surface area contributed by atoms with Gasteiger partial charge in [-0.05, 0) is 58.2 Å². The Morgan fingerprint density at radius 1 is 1.23 bits per heavy atom. The quantitative estimate of drug-likeness (QED) is 0.701. The number of ether oxygens (including phenoxy) is 1. The summed E-state index contributed by atoms with van der Waals surface area (Å²) >= 11 is 0. The zero-order valence-corrected chi connectivity index (χ0v) is 15.8. The molecule has 6 heteroatoms. The van der Waals surface area contributed by atoms with Crippen molar-refractivity contribution in [2.45, 2.75) is 52.2 Å². The number of hydrogen-bond donors (Lipinski definition) is 3. The highest BCUT2D eigenvalue weighted by Crippen LogP contribution is 2.26. The minimum Gasteiger partial charge on any atom is -0.478 e. The Kier molecular flexibility index (Phi) is 5.44. The van der Waals surface area contributed by atoms with E-state index in [9.17, 15) is 9.59 Å². The molecule has 0 aliphatic heterocycles. The number of carbonyl (C=O) groups excluding carboxylic acids is 1. The first kappa shape index (κ1) is 19.6. The number of carboxylic acid groups (broad SMARTS) is 1. The molecule has 0 spiro atoms. The fourth-order valence-corrected chi connectivity index (χ4v) is 2.78. The summed E-state index contributed by atoms with van der Waals surface area (Å²) in [6, 6.07) is 5.71. The second-order valence-electron chi connectivity index (χ2n) is 7.94. The van der Waals surface area contributed by atoms with Gasteiger partial charge in [-0.15, -0.1) is 0 Å². The molecule has 0 radical (unpaired) electrons. The van der Waals surface area contributed by atoms with Crippen LogP contribution in [-0.2, 0) is 16.0 Å². The highest BCUT2D eigenvalue weighted by atomic mass is 16.6. The number of aromatic nitrogens is 1. The van der Waals surface area contributed by atoms with E-state index >= 15 is 0 Å². The Hall–Kier alpha value is -2.76. The summed E-state index contributed by atoms with van der Waals surface area (Å²) in [7, 11) is 0. The predicted molar refractivity (Wildman–Crippen MR) is 102 cm³/mol. The largest absolute Gasteiger partial charge is 0.478 e. The first-order valence-electron chi connectivity index (χ1n) is 8.48. The van der Waals surface area contributed by atoms with Crippen LogP contribution in [0.2, 0.25) is 0 Å². The van der Waals surface area contributed by atoms with Crippen molar-refractivity contribution in [2.75, 3.05) is 0 Å². The van der Waals surface area contributed by atoms with Gasteiger partial charge in [-0.3, -0.25) is 0 Å². The molecule has 1 amide bonds. The predicted octanol–water partition coefficient (Wildman–Crippen LogP) is 4.11. The van der Waals surface area contributed by atoms with Gasteiger partial charge in [0.05, 0.1) is 5.52 Å². The van der Waals surface area contributed by atoms with Gasteiger partial charge >= 0.3 is 12.1 Å². The molecule has 26 heavy (non-hydrogen) atoms. The summed E-state index contributed by atoms with van der Waals surface area (Å²) in [6.07, 6.45) is 4.71.